The maximum absolute atomic E-state index is 6.00. The monoisotopic (exact) mass is 344 g/mol. The maximum atomic E-state index is 6.00. The van der Waals surface area contributed by atoms with Gasteiger partial charge in [-0.05, 0) is 43.0 Å². The highest BCUT2D eigenvalue weighted by molar-refractivity contribution is 6.31. The summed E-state index contributed by atoms with van der Waals surface area (Å²) in [5, 5.41) is 0.668. The van der Waals surface area contributed by atoms with Gasteiger partial charge in [0.15, 0.2) is 5.58 Å². The van der Waals surface area contributed by atoms with E-state index in [2.05, 4.69) is 19.9 Å². The summed E-state index contributed by atoms with van der Waals surface area (Å²) >= 11 is 6.00. The van der Waals surface area contributed by atoms with Gasteiger partial charge in [-0.2, -0.15) is 4.98 Å². The number of nitrogens with zero attached hydrogens (tertiary/aromatic N) is 4. The number of anilines is 1. The van der Waals surface area contributed by atoms with Gasteiger partial charge >= 0.3 is 6.01 Å². The molecular formula is C17H17ClN4O2. The smallest absolute Gasteiger partial charge is 0.316 e. The van der Waals surface area contributed by atoms with Crippen LogP contribution in [0.1, 0.15) is 12.8 Å². The fourth-order valence-corrected chi connectivity index (χ4v) is 3.03. The van der Waals surface area contributed by atoms with E-state index < -0.39 is 0 Å². The van der Waals surface area contributed by atoms with Crippen LogP contribution in [-0.4, -0.2) is 34.6 Å². The zero-order valence-corrected chi connectivity index (χ0v) is 13.8. The van der Waals surface area contributed by atoms with Gasteiger partial charge in [0.05, 0.1) is 6.61 Å². The predicted octanol–water partition coefficient (Wildman–Crippen LogP) is 3.57. The van der Waals surface area contributed by atoms with Crippen LogP contribution in [0.3, 0.4) is 0 Å². The third-order valence-electron chi connectivity index (χ3n) is 4.21. The van der Waals surface area contributed by atoms with E-state index in [1.807, 2.05) is 18.2 Å². The number of benzene rings is 1. The summed E-state index contributed by atoms with van der Waals surface area (Å²) in [6.07, 6.45) is 5.41. The molecule has 0 N–H and O–H groups in total. The van der Waals surface area contributed by atoms with Gasteiger partial charge in [-0.1, -0.05) is 11.6 Å². The lowest BCUT2D eigenvalue weighted by atomic mass is 9.98. The molecule has 6 nitrogen and oxygen atoms in total. The summed E-state index contributed by atoms with van der Waals surface area (Å²) in [5.74, 6) is 0.490. The highest BCUT2D eigenvalue weighted by Gasteiger charge is 2.23. The van der Waals surface area contributed by atoms with Crippen molar-refractivity contribution in [2.75, 3.05) is 24.6 Å². The van der Waals surface area contributed by atoms with Crippen LogP contribution in [-0.2, 0) is 0 Å². The van der Waals surface area contributed by atoms with Crippen molar-refractivity contribution in [1.29, 1.82) is 0 Å². The van der Waals surface area contributed by atoms with Crippen molar-refractivity contribution in [3.63, 3.8) is 0 Å². The van der Waals surface area contributed by atoms with E-state index in [0.29, 0.717) is 29.6 Å². The summed E-state index contributed by atoms with van der Waals surface area (Å²) in [7, 11) is 0. The Balaban J connectivity index is 1.35. The summed E-state index contributed by atoms with van der Waals surface area (Å²) in [4.78, 5) is 14.9. The fraction of sp³-hybridized carbons (Fsp3) is 0.353. The third-order valence-corrected chi connectivity index (χ3v) is 4.45. The Labute approximate surface area is 144 Å². The molecule has 1 aromatic carbocycles. The first-order valence-corrected chi connectivity index (χ1v) is 8.36. The molecule has 0 aliphatic carbocycles. The van der Waals surface area contributed by atoms with Gasteiger partial charge in [-0.3, -0.25) is 0 Å². The molecule has 1 fully saturated rings. The molecule has 0 unspecified atom stereocenters. The van der Waals surface area contributed by atoms with Crippen molar-refractivity contribution in [3.05, 3.63) is 41.7 Å². The van der Waals surface area contributed by atoms with Gasteiger partial charge in [-0.25, -0.2) is 9.97 Å². The quantitative estimate of drug-likeness (QED) is 0.721. The molecule has 1 aliphatic rings. The van der Waals surface area contributed by atoms with E-state index in [4.69, 9.17) is 20.8 Å². The minimum atomic E-state index is 0.441. The standard InChI is InChI=1S/C17H17ClN4O2/c18-13-2-3-15-14(10-13)21-17(24-15)22-8-4-12(5-9-22)11-23-16-19-6-1-7-20-16/h1-3,6-7,10,12H,4-5,8-9,11H2. The summed E-state index contributed by atoms with van der Waals surface area (Å²) in [6.45, 7) is 2.43. The highest BCUT2D eigenvalue weighted by atomic mass is 35.5. The Kier molecular flexibility index (Phi) is 4.21. The van der Waals surface area contributed by atoms with E-state index in [1.54, 1.807) is 18.5 Å². The van der Waals surface area contributed by atoms with E-state index >= 15 is 0 Å². The van der Waals surface area contributed by atoms with Crippen LogP contribution in [0.5, 0.6) is 6.01 Å². The van der Waals surface area contributed by atoms with Crippen molar-refractivity contribution in [2.45, 2.75) is 12.8 Å². The minimum Gasteiger partial charge on any atom is -0.463 e. The molecule has 3 aromatic rings. The van der Waals surface area contributed by atoms with Gasteiger partial charge in [0.2, 0.25) is 0 Å². The molecule has 1 aliphatic heterocycles. The van der Waals surface area contributed by atoms with Crippen LogP contribution < -0.4 is 9.64 Å². The number of aromatic nitrogens is 3. The van der Waals surface area contributed by atoms with Crippen molar-refractivity contribution in [1.82, 2.24) is 15.0 Å². The van der Waals surface area contributed by atoms with Gasteiger partial charge in [-0.15, -0.1) is 0 Å². The molecule has 3 heterocycles. The molecule has 24 heavy (non-hydrogen) atoms. The number of piperidine rings is 1. The van der Waals surface area contributed by atoms with Crippen LogP contribution >= 0.6 is 11.6 Å². The van der Waals surface area contributed by atoms with Crippen LogP contribution in [0.15, 0.2) is 41.1 Å². The average Bonchev–Trinajstić information content (AvgIpc) is 3.04. The number of hydrogen-bond acceptors (Lipinski definition) is 6. The van der Waals surface area contributed by atoms with Crippen LogP contribution in [0.25, 0.3) is 11.1 Å². The highest BCUT2D eigenvalue weighted by Crippen LogP contribution is 2.28. The van der Waals surface area contributed by atoms with Gasteiger partial charge in [0, 0.05) is 30.5 Å². The zero-order valence-electron chi connectivity index (χ0n) is 13.1. The molecule has 0 amide bonds. The second-order valence-corrected chi connectivity index (χ2v) is 6.32. The first kappa shape index (κ1) is 15.2. The number of fused-ring (bicyclic) bond motifs is 1. The van der Waals surface area contributed by atoms with Crippen molar-refractivity contribution in [3.8, 4) is 6.01 Å². The van der Waals surface area contributed by atoms with E-state index in [0.717, 1.165) is 37.0 Å². The third kappa shape index (κ3) is 3.28. The van der Waals surface area contributed by atoms with Crippen molar-refractivity contribution >= 4 is 28.7 Å². The largest absolute Gasteiger partial charge is 0.463 e. The SMILES string of the molecule is Clc1ccc2oc(N3CCC(COc4ncccn4)CC3)nc2c1. The molecule has 7 heteroatoms. The molecule has 1 saturated heterocycles. The maximum Gasteiger partial charge on any atom is 0.316 e. The Morgan fingerprint density at radius 3 is 2.79 bits per heavy atom. The normalized spacial score (nSPS) is 15.8. The lowest BCUT2D eigenvalue weighted by Crippen LogP contribution is -2.35. The summed E-state index contributed by atoms with van der Waals surface area (Å²) in [6, 6.07) is 8.38. The van der Waals surface area contributed by atoms with E-state index in [1.165, 1.54) is 0 Å². The number of rotatable bonds is 4. The summed E-state index contributed by atoms with van der Waals surface area (Å²) < 4.78 is 11.5. The van der Waals surface area contributed by atoms with Crippen LogP contribution in [0, 0.1) is 5.92 Å². The topological polar surface area (TPSA) is 64.3 Å². The Bertz CT molecular complexity index is 816. The molecule has 124 valence electrons. The van der Waals surface area contributed by atoms with Crippen LogP contribution in [0.2, 0.25) is 5.02 Å². The number of ether oxygens (including phenoxy) is 1. The molecule has 4 rings (SSSR count). The van der Waals surface area contributed by atoms with Crippen molar-refractivity contribution < 1.29 is 9.15 Å². The minimum absolute atomic E-state index is 0.441. The first-order chi connectivity index (χ1) is 11.8. The molecule has 0 atom stereocenters. The average molecular weight is 345 g/mol. The van der Waals surface area contributed by atoms with Crippen molar-refractivity contribution in [2.24, 2.45) is 5.92 Å². The molecule has 0 spiro atoms. The number of halogens is 1. The summed E-state index contributed by atoms with van der Waals surface area (Å²) in [5.41, 5.74) is 1.56. The molecule has 0 bridgehead atoms. The fourth-order valence-electron chi connectivity index (χ4n) is 2.87. The second-order valence-electron chi connectivity index (χ2n) is 5.88. The number of oxazole rings is 1. The molecular weight excluding hydrogens is 328 g/mol. The van der Waals surface area contributed by atoms with Gasteiger partial charge < -0.3 is 14.1 Å². The van der Waals surface area contributed by atoms with E-state index in [9.17, 15) is 0 Å². The predicted molar refractivity (Wildman–Crippen MR) is 91.5 cm³/mol. The molecule has 0 radical (unpaired) electrons. The first-order valence-electron chi connectivity index (χ1n) is 7.99. The molecule has 0 saturated carbocycles. The second kappa shape index (κ2) is 6.65. The Hall–Kier alpha value is -2.34. The lowest BCUT2D eigenvalue weighted by Gasteiger charge is -2.30. The zero-order chi connectivity index (χ0) is 16.4. The molecule has 2 aromatic heterocycles. The van der Waals surface area contributed by atoms with Gasteiger partial charge in [0.1, 0.15) is 5.52 Å². The number of hydrogen-bond donors (Lipinski definition) is 0. The Morgan fingerprint density at radius 1 is 1.21 bits per heavy atom. The van der Waals surface area contributed by atoms with Gasteiger partial charge in [0.25, 0.3) is 6.01 Å². The van der Waals surface area contributed by atoms with E-state index in [-0.39, 0.29) is 0 Å². The van der Waals surface area contributed by atoms with Crippen LogP contribution in [0.4, 0.5) is 6.01 Å². The lowest BCUT2D eigenvalue weighted by molar-refractivity contribution is 0.207. The Morgan fingerprint density at radius 2 is 2.00 bits per heavy atom.